The van der Waals surface area contributed by atoms with Crippen LogP contribution in [0.3, 0.4) is 0 Å². The SMILES string of the molecule is C1=Cc2c(ccc3c2OC2CCCCC2N3c2ccc(-c3nc(-c4ccccc4)nc(-c4ccc5c6c(sc5c4)C=CCC6)n3)cc2)CC1. The maximum absolute atomic E-state index is 6.82. The predicted octanol–water partition coefficient (Wildman–Crippen LogP) is 10.8. The normalized spacial score (nSPS) is 19.1. The molecule has 6 aromatic rings. The van der Waals surface area contributed by atoms with Gasteiger partial charge in [-0.3, -0.25) is 0 Å². The van der Waals surface area contributed by atoms with Crippen LogP contribution >= 0.6 is 11.3 Å². The van der Waals surface area contributed by atoms with Gasteiger partial charge in [0.15, 0.2) is 23.2 Å². The van der Waals surface area contributed by atoms with Crippen LogP contribution in [0.2, 0.25) is 0 Å². The van der Waals surface area contributed by atoms with Gasteiger partial charge in [-0.05, 0) is 104 Å². The molecule has 3 aliphatic carbocycles. The van der Waals surface area contributed by atoms with Crippen LogP contribution in [0.4, 0.5) is 11.4 Å². The minimum absolute atomic E-state index is 0.199. The molecule has 49 heavy (non-hydrogen) atoms. The molecule has 4 aliphatic rings. The van der Waals surface area contributed by atoms with Crippen LogP contribution < -0.4 is 9.64 Å². The zero-order chi connectivity index (χ0) is 32.3. The quantitative estimate of drug-likeness (QED) is 0.189. The van der Waals surface area contributed by atoms with Crippen LogP contribution in [-0.4, -0.2) is 27.1 Å². The van der Waals surface area contributed by atoms with Crippen LogP contribution in [-0.2, 0) is 12.8 Å². The van der Waals surface area contributed by atoms with Crippen molar-refractivity contribution < 1.29 is 4.74 Å². The average Bonchev–Trinajstić information content (AvgIpc) is 3.55. The van der Waals surface area contributed by atoms with Crippen molar-refractivity contribution in [2.45, 2.75) is 63.5 Å². The van der Waals surface area contributed by atoms with Crippen molar-refractivity contribution in [2.24, 2.45) is 0 Å². The van der Waals surface area contributed by atoms with Crippen molar-refractivity contribution in [1.29, 1.82) is 0 Å². The maximum Gasteiger partial charge on any atom is 0.164 e. The number of nitrogens with zero attached hydrogens (tertiary/aromatic N) is 4. The lowest BCUT2D eigenvalue weighted by atomic mass is 9.87. The molecular weight excluding hydrogens is 621 g/mol. The van der Waals surface area contributed by atoms with E-state index in [-0.39, 0.29) is 6.10 Å². The molecule has 6 heteroatoms. The molecule has 4 aromatic carbocycles. The summed E-state index contributed by atoms with van der Waals surface area (Å²) in [6.45, 7) is 0. The second kappa shape index (κ2) is 11.8. The first kappa shape index (κ1) is 28.9. The zero-order valence-electron chi connectivity index (χ0n) is 27.3. The highest BCUT2D eigenvalue weighted by Crippen LogP contribution is 2.49. The molecule has 0 amide bonds. The number of anilines is 2. The Hall–Kier alpha value is -5.07. The Balaban J connectivity index is 1.06. The first-order valence-corrected chi connectivity index (χ1v) is 18.5. The smallest absolute Gasteiger partial charge is 0.164 e. The van der Waals surface area contributed by atoms with E-state index in [1.54, 1.807) is 0 Å². The van der Waals surface area contributed by atoms with Gasteiger partial charge in [0, 0.05) is 37.5 Å². The fourth-order valence-electron chi connectivity index (χ4n) is 8.19. The number of rotatable bonds is 4. The van der Waals surface area contributed by atoms with E-state index in [0.717, 1.165) is 61.0 Å². The van der Waals surface area contributed by atoms with Crippen LogP contribution in [0.1, 0.15) is 60.1 Å². The van der Waals surface area contributed by atoms with E-state index >= 15 is 0 Å². The monoisotopic (exact) mass is 656 g/mol. The molecule has 0 saturated heterocycles. The number of aromatic nitrogens is 3. The van der Waals surface area contributed by atoms with Gasteiger partial charge in [-0.1, -0.05) is 73.2 Å². The zero-order valence-corrected chi connectivity index (χ0v) is 28.1. The van der Waals surface area contributed by atoms with Gasteiger partial charge in [0.2, 0.25) is 0 Å². The van der Waals surface area contributed by atoms with Gasteiger partial charge >= 0.3 is 0 Å². The number of benzene rings is 4. The first-order chi connectivity index (χ1) is 24.3. The number of hydrogen-bond donors (Lipinski definition) is 0. The van der Waals surface area contributed by atoms with Crippen molar-refractivity contribution in [1.82, 2.24) is 15.0 Å². The summed E-state index contributed by atoms with van der Waals surface area (Å²) >= 11 is 1.86. The molecule has 0 bridgehead atoms. The topological polar surface area (TPSA) is 51.1 Å². The lowest BCUT2D eigenvalue weighted by Gasteiger charge is -2.46. The molecular formula is C43H36N4OS. The summed E-state index contributed by atoms with van der Waals surface area (Å²) in [7, 11) is 0. The van der Waals surface area contributed by atoms with Gasteiger partial charge < -0.3 is 9.64 Å². The van der Waals surface area contributed by atoms with Crippen molar-refractivity contribution in [2.75, 3.05) is 4.90 Å². The van der Waals surface area contributed by atoms with Gasteiger partial charge in [-0.15, -0.1) is 11.3 Å². The van der Waals surface area contributed by atoms with Crippen molar-refractivity contribution in [3.63, 3.8) is 0 Å². The number of aryl methyl sites for hydroxylation is 2. The number of allylic oxidation sites excluding steroid dienone is 2. The highest BCUT2D eigenvalue weighted by Gasteiger charge is 2.39. The lowest BCUT2D eigenvalue weighted by molar-refractivity contribution is 0.119. The molecule has 5 nitrogen and oxygen atoms in total. The molecule has 2 atom stereocenters. The molecule has 0 N–H and O–H groups in total. The van der Waals surface area contributed by atoms with E-state index in [1.807, 2.05) is 29.5 Å². The van der Waals surface area contributed by atoms with E-state index < -0.39 is 0 Å². The van der Waals surface area contributed by atoms with Crippen molar-refractivity contribution >= 4 is 44.9 Å². The van der Waals surface area contributed by atoms with Crippen LogP contribution in [0, 0.1) is 0 Å². The predicted molar refractivity (Wildman–Crippen MR) is 201 cm³/mol. The largest absolute Gasteiger partial charge is 0.485 e. The van der Waals surface area contributed by atoms with Crippen LogP contribution in [0.25, 0.3) is 56.4 Å². The van der Waals surface area contributed by atoms with Crippen molar-refractivity contribution in [3.05, 3.63) is 119 Å². The summed E-state index contributed by atoms with van der Waals surface area (Å²) in [5, 5.41) is 1.35. The average molecular weight is 657 g/mol. The molecule has 1 saturated carbocycles. The molecule has 2 aromatic heterocycles. The molecule has 0 radical (unpaired) electrons. The number of thiophene rings is 1. The van der Waals surface area contributed by atoms with Gasteiger partial charge in [-0.2, -0.15) is 0 Å². The third-order valence-corrected chi connectivity index (χ3v) is 11.8. The standard InChI is InChI=1S/C43H36N4OS/c1-2-11-28(12-3-1)41-44-42(46-43(45-41)30-20-24-34-33-14-6-9-17-38(33)49-39(34)26-30)29-18-22-31(23-19-29)47-35-15-7-8-16-37(35)48-40-32-13-5-4-10-27(32)21-25-36(40)47/h1-3,5,9,11-13,17-26,35,37H,4,6-8,10,14-16H2. The summed E-state index contributed by atoms with van der Waals surface area (Å²) in [5.74, 6) is 3.11. The molecule has 10 rings (SSSR count). The van der Waals surface area contributed by atoms with E-state index in [1.165, 1.54) is 55.9 Å². The highest BCUT2D eigenvalue weighted by atomic mass is 32.1. The number of hydrogen-bond acceptors (Lipinski definition) is 6. The van der Waals surface area contributed by atoms with Gasteiger partial charge in [0.25, 0.3) is 0 Å². The summed E-state index contributed by atoms with van der Waals surface area (Å²) in [6.07, 6.45) is 18.4. The summed E-state index contributed by atoms with van der Waals surface area (Å²) < 4.78 is 8.10. The summed E-state index contributed by atoms with van der Waals surface area (Å²) in [6, 6.07) is 30.7. The van der Waals surface area contributed by atoms with Crippen LogP contribution in [0.15, 0.2) is 97.1 Å². The molecule has 0 spiro atoms. The Morgan fingerprint density at radius 3 is 2.29 bits per heavy atom. The maximum atomic E-state index is 6.82. The Labute approximate surface area is 290 Å². The number of ether oxygens (including phenoxy) is 1. The Bertz CT molecular complexity index is 2290. The van der Waals surface area contributed by atoms with Gasteiger partial charge in [-0.25, -0.2) is 15.0 Å². The fourth-order valence-corrected chi connectivity index (χ4v) is 9.42. The molecule has 2 unspecified atom stereocenters. The minimum Gasteiger partial charge on any atom is -0.485 e. The third-order valence-electron chi connectivity index (χ3n) is 10.6. The number of fused-ring (bicyclic) bond motifs is 7. The van der Waals surface area contributed by atoms with Gasteiger partial charge in [0.1, 0.15) is 6.10 Å². The first-order valence-electron chi connectivity index (χ1n) is 17.7. The third kappa shape index (κ3) is 5.00. The van der Waals surface area contributed by atoms with Crippen LogP contribution in [0.5, 0.6) is 5.75 Å². The highest BCUT2D eigenvalue weighted by molar-refractivity contribution is 7.20. The Morgan fingerprint density at radius 2 is 1.43 bits per heavy atom. The molecule has 1 fully saturated rings. The van der Waals surface area contributed by atoms with E-state index in [9.17, 15) is 0 Å². The summed E-state index contributed by atoms with van der Waals surface area (Å²) in [4.78, 5) is 19.1. The molecule has 240 valence electrons. The Morgan fingerprint density at radius 1 is 0.694 bits per heavy atom. The summed E-state index contributed by atoms with van der Waals surface area (Å²) in [5.41, 5.74) is 9.45. The Kier molecular flexibility index (Phi) is 6.97. The fraction of sp³-hybridized carbons (Fsp3) is 0.233. The van der Waals surface area contributed by atoms with Crippen molar-refractivity contribution in [3.8, 4) is 39.9 Å². The second-order valence-electron chi connectivity index (χ2n) is 13.6. The lowest BCUT2D eigenvalue weighted by Crippen LogP contribution is -2.49. The van der Waals surface area contributed by atoms with E-state index in [0.29, 0.717) is 23.5 Å². The minimum atomic E-state index is 0.199. The van der Waals surface area contributed by atoms with Gasteiger partial charge in [0.05, 0.1) is 11.7 Å². The van der Waals surface area contributed by atoms with E-state index in [2.05, 4.69) is 95.9 Å². The molecule has 1 aliphatic heterocycles. The van der Waals surface area contributed by atoms with E-state index in [4.69, 9.17) is 19.7 Å². The second-order valence-corrected chi connectivity index (χ2v) is 14.7. The molecule has 3 heterocycles.